The van der Waals surface area contributed by atoms with E-state index in [1.165, 1.54) is 26.3 Å². The van der Waals surface area contributed by atoms with Crippen molar-refractivity contribution in [2.75, 3.05) is 39.2 Å². The number of aliphatic hydroxyl groups excluding tert-OH is 1. The Hall–Kier alpha value is -1.22. The Morgan fingerprint density at radius 2 is 2.13 bits per heavy atom. The molecule has 0 saturated carbocycles. The largest absolute Gasteiger partial charge is 0.391 e. The summed E-state index contributed by atoms with van der Waals surface area (Å²) in [5.74, 6) is -0.636. The first-order valence-corrected chi connectivity index (χ1v) is 8.93. The predicted molar refractivity (Wildman–Crippen MR) is 87.5 cm³/mol. The zero-order chi connectivity index (χ0) is 17.5. The zero-order valence-electron chi connectivity index (χ0n) is 13.8. The molecule has 2 N–H and O–H groups in total. The summed E-state index contributed by atoms with van der Waals surface area (Å²) in [4.78, 5) is -0.153. The molecule has 0 aromatic heterocycles. The molecule has 0 aliphatic heterocycles. The Balaban J connectivity index is 3.02. The number of nitrogens with zero attached hydrogens (tertiary/aromatic N) is 1. The van der Waals surface area contributed by atoms with Gasteiger partial charge in [-0.05, 0) is 24.6 Å². The predicted octanol–water partition coefficient (Wildman–Crippen LogP) is 1.67. The summed E-state index contributed by atoms with van der Waals surface area (Å²) >= 11 is 0. The number of methoxy groups -OCH3 is 1. The summed E-state index contributed by atoms with van der Waals surface area (Å²) in [5.41, 5.74) is 0.269. The highest BCUT2D eigenvalue weighted by molar-refractivity contribution is 7.89. The van der Waals surface area contributed by atoms with E-state index in [2.05, 4.69) is 5.32 Å². The highest BCUT2D eigenvalue weighted by Gasteiger charge is 2.24. The lowest BCUT2D eigenvalue weighted by molar-refractivity contribution is 0.176. The first kappa shape index (κ1) is 19.8. The molecule has 0 fully saturated rings. The summed E-state index contributed by atoms with van der Waals surface area (Å²) < 4.78 is 44.7. The maximum absolute atomic E-state index is 13.5. The molecule has 0 radical (unpaired) electrons. The molecular weight excluding hydrogens is 323 g/mol. The number of rotatable bonds is 10. The lowest BCUT2D eigenvalue weighted by Gasteiger charge is -2.20. The van der Waals surface area contributed by atoms with Gasteiger partial charge in [0.25, 0.3) is 0 Å². The molecule has 1 aromatic rings. The van der Waals surface area contributed by atoms with Crippen molar-refractivity contribution in [3.8, 4) is 0 Å². The third-order valence-corrected chi connectivity index (χ3v) is 5.29. The van der Waals surface area contributed by atoms with Gasteiger partial charge < -0.3 is 15.2 Å². The first-order valence-electron chi connectivity index (χ1n) is 7.49. The van der Waals surface area contributed by atoms with E-state index in [1.54, 1.807) is 0 Å². The number of aliphatic hydroxyl groups is 1. The minimum absolute atomic E-state index is 0.153. The van der Waals surface area contributed by atoms with Gasteiger partial charge in [0, 0.05) is 27.2 Å². The second kappa shape index (κ2) is 9.17. The molecule has 0 bridgehead atoms. The van der Waals surface area contributed by atoms with Gasteiger partial charge in [-0.25, -0.2) is 12.8 Å². The first-order chi connectivity index (χ1) is 10.8. The normalized spacial score (nSPS) is 13.3. The second-order valence-electron chi connectivity index (χ2n) is 5.28. The lowest BCUT2D eigenvalue weighted by Crippen LogP contribution is -2.31. The summed E-state index contributed by atoms with van der Waals surface area (Å²) in [5, 5.41) is 12.7. The molecule has 132 valence electrons. The molecule has 0 amide bonds. The molecule has 0 aliphatic carbocycles. The molecule has 0 spiro atoms. The molecular formula is C15H25FN2O4S. The molecule has 1 aromatic carbocycles. The fourth-order valence-electron chi connectivity index (χ4n) is 2.03. The number of benzene rings is 1. The van der Waals surface area contributed by atoms with Gasteiger partial charge in [-0.1, -0.05) is 13.3 Å². The number of anilines is 1. The maximum Gasteiger partial charge on any atom is 0.245 e. The van der Waals surface area contributed by atoms with Gasteiger partial charge in [-0.2, -0.15) is 4.31 Å². The van der Waals surface area contributed by atoms with E-state index in [0.717, 1.165) is 16.8 Å². The highest BCUT2D eigenvalue weighted by atomic mass is 32.2. The number of hydrogen-bond acceptors (Lipinski definition) is 5. The van der Waals surface area contributed by atoms with Crippen LogP contribution in [0.5, 0.6) is 0 Å². The maximum atomic E-state index is 13.5. The number of halogens is 1. The van der Waals surface area contributed by atoms with Gasteiger partial charge in [0.1, 0.15) is 10.7 Å². The van der Waals surface area contributed by atoms with Crippen LogP contribution in [-0.2, 0) is 14.8 Å². The fourth-order valence-corrected chi connectivity index (χ4v) is 3.36. The van der Waals surface area contributed by atoms with Crippen molar-refractivity contribution in [3.05, 3.63) is 24.0 Å². The van der Waals surface area contributed by atoms with Crippen molar-refractivity contribution in [3.63, 3.8) is 0 Å². The van der Waals surface area contributed by atoms with Crippen LogP contribution < -0.4 is 5.32 Å². The zero-order valence-corrected chi connectivity index (χ0v) is 14.6. The van der Waals surface area contributed by atoms with Crippen LogP contribution in [0.15, 0.2) is 23.1 Å². The molecule has 8 heteroatoms. The quantitative estimate of drug-likeness (QED) is 0.672. The SMILES string of the molecule is CCCC(O)CNc1ccc(F)cc1S(=O)(=O)N(C)CCOC. The Kier molecular flexibility index (Phi) is 7.90. The third-order valence-electron chi connectivity index (χ3n) is 3.39. The van der Waals surface area contributed by atoms with Crippen LogP contribution in [0.1, 0.15) is 19.8 Å². The molecule has 0 aliphatic rings. The van der Waals surface area contributed by atoms with Gasteiger partial charge in [-0.3, -0.25) is 0 Å². The Bertz CT molecular complexity index is 595. The number of sulfonamides is 1. The van der Waals surface area contributed by atoms with E-state index in [4.69, 9.17) is 4.74 Å². The van der Waals surface area contributed by atoms with Crippen LogP contribution >= 0.6 is 0 Å². The molecule has 23 heavy (non-hydrogen) atoms. The Morgan fingerprint density at radius 3 is 2.74 bits per heavy atom. The number of nitrogens with one attached hydrogen (secondary N) is 1. The van der Waals surface area contributed by atoms with Crippen molar-refractivity contribution in [2.45, 2.75) is 30.8 Å². The minimum Gasteiger partial charge on any atom is -0.391 e. The number of likely N-dealkylation sites (N-methyl/N-ethyl adjacent to an activating group) is 1. The van der Waals surface area contributed by atoms with Crippen molar-refractivity contribution >= 4 is 15.7 Å². The van der Waals surface area contributed by atoms with E-state index in [1.807, 2.05) is 6.92 Å². The van der Waals surface area contributed by atoms with Gasteiger partial charge in [-0.15, -0.1) is 0 Å². The topological polar surface area (TPSA) is 78.9 Å². The monoisotopic (exact) mass is 348 g/mol. The van der Waals surface area contributed by atoms with Crippen LogP contribution in [0.4, 0.5) is 10.1 Å². The highest BCUT2D eigenvalue weighted by Crippen LogP contribution is 2.25. The molecule has 6 nitrogen and oxygen atoms in total. The summed E-state index contributed by atoms with van der Waals surface area (Å²) in [6.07, 6.45) is 0.827. The standard InChI is InChI=1S/C15H25FN2O4S/c1-4-5-13(19)11-17-14-7-6-12(16)10-15(14)23(20,21)18(2)8-9-22-3/h6-7,10,13,17,19H,4-5,8-9,11H2,1-3H3. The van der Waals surface area contributed by atoms with Crippen molar-refractivity contribution in [1.29, 1.82) is 0 Å². The molecule has 0 saturated heterocycles. The Labute approximate surface area is 137 Å². The van der Waals surface area contributed by atoms with Gasteiger partial charge >= 0.3 is 0 Å². The minimum atomic E-state index is -3.86. The number of hydrogen-bond donors (Lipinski definition) is 2. The van der Waals surface area contributed by atoms with Crippen LogP contribution in [-0.4, -0.2) is 57.8 Å². The van der Waals surface area contributed by atoms with E-state index in [0.29, 0.717) is 6.42 Å². The average molecular weight is 348 g/mol. The van der Waals surface area contributed by atoms with Crippen LogP contribution in [0.2, 0.25) is 0 Å². The van der Waals surface area contributed by atoms with Crippen LogP contribution in [0, 0.1) is 5.82 Å². The van der Waals surface area contributed by atoms with E-state index >= 15 is 0 Å². The fraction of sp³-hybridized carbons (Fsp3) is 0.600. The van der Waals surface area contributed by atoms with Crippen molar-refractivity contribution in [2.24, 2.45) is 0 Å². The smallest absolute Gasteiger partial charge is 0.245 e. The summed E-state index contributed by atoms with van der Waals surface area (Å²) in [7, 11) is -0.967. The summed E-state index contributed by atoms with van der Waals surface area (Å²) in [6.45, 7) is 2.54. The van der Waals surface area contributed by atoms with E-state index in [-0.39, 0.29) is 30.3 Å². The van der Waals surface area contributed by atoms with Gasteiger partial charge in [0.05, 0.1) is 18.4 Å². The summed E-state index contributed by atoms with van der Waals surface area (Å²) in [6, 6.07) is 3.53. The Morgan fingerprint density at radius 1 is 1.43 bits per heavy atom. The van der Waals surface area contributed by atoms with Gasteiger partial charge in [0.2, 0.25) is 10.0 Å². The van der Waals surface area contributed by atoms with Crippen LogP contribution in [0.3, 0.4) is 0 Å². The van der Waals surface area contributed by atoms with Crippen molar-refractivity contribution in [1.82, 2.24) is 4.31 Å². The average Bonchev–Trinajstić information content (AvgIpc) is 2.51. The van der Waals surface area contributed by atoms with E-state index < -0.39 is 21.9 Å². The third kappa shape index (κ3) is 5.72. The van der Waals surface area contributed by atoms with E-state index in [9.17, 15) is 17.9 Å². The second-order valence-corrected chi connectivity index (χ2v) is 7.30. The molecule has 1 unspecified atom stereocenters. The van der Waals surface area contributed by atoms with Crippen molar-refractivity contribution < 1.29 is 22.7 Å². The number of ether oxygens (including phenoxy) is 1. The molecule has 0 heterocycles. The molecule has 1 atom stereocenters. The lowest BCUT2D eigenvalue weighted by atomic mass is 10.2. The molecule has 1 rings (SSSR count). The van der Waals surface area contributed by atoms with Gasteiger partial charge in [0.15, 0.2) is 0 Å². The van der Waals surface area contributed by atoms with Crippen LogP contribution in [0.25, 0.3) is 0 Å².